The zero-order valence-electron chi connectivity index (χ0n) is 35.9. The van der Waals surface area contributed by atoms with Gasteiger partial charge in [0.2, 0.25) is 0 Å². The van der Waals surface area contributed by atoms with Crippen LogP contribution in [0.2, 0.25) is 0 Å². The van der Waals surface area contributed by atoms with Crippen LogP contribution in [-0.2, 0) is 5.41 Å². The maximum atomic E-state index is 6.28. The van der Waals surface area contributed by atoms with Gasteiger partial charge in [0, 0.05) is 33.8 Å². The van der Waals surface area contributed by atoms with Crippen molar-refractivity contribution in [2.24, 2.45) is 5.92 Å². The van der Waals surface area contributed by atoms with E-state index in [4.69, 9.17) is 4.42 Å². The van der Waals surface area contributed by atoms with Crippen LogP contribution in [0.5, 0.6) is 0 Å². The zero-order valence-corrected chi connectivity index (χ0v) is 35.9. The van der Waals surface area contributed by atoms with Crippen LogP contribution in [0.4, 0.5) is 17.1 Å². The lowest BCUT2D eigenvalue weighted by molar-refractivity contribution is 0.669. The molecule has 64 heavy (non-hydrogen) atoms. The number of hydrogen-bond acceptors (Lipinski definition) is 2. The summed E-state index contributed by atoms with van der Waals surface area (Å²) in [7, 11) is 0. The smallest absolute Gasteiger partial charge is 0.136 e. The largest absolute Gasteiger partial charge is 0.456 e. The summed E-state index contributed by atoms with van der Waals surface area (Å²) < 4.78 is 6.28. The van der Waals surface area contributed by atoms with E-state index >= 15 is 0 Å². The highest BCUT2D eigenvalue weighted by Gasteiger charge is 2.45. The lowest BCUT2D eigenvalue weighted by Gasteiger charge is -2.34. The van der Waals surface area contributed by atoms with Crippen molar-refractivity contribution >= 4 is 39.0 Å². The molecule has 8 aromatic carbocycles. The van der Waals surface area contributed by atoms with E-state index in [-0.39, 0.29) is 0 Å². The van der Waals surface area contributed by atoms with Gasteiger partial charge in [0.25, 0.3) is 0 Å². The molecular weight excluding hydrogens is 775 g/mol. The zero-order chi connectivity index (χ0) is 42.6. The lowest BCUT2D eigenvalue weighted by atomic mass is 9.68. The number of fused-ring (bicyclic) bond motifs is 6. The van der Waals surface area contributed by atoms with Gasteiger partial charge in [0.05, 0.1) is 5.41 Å². The van der Waals surface area contributed by atoms with Crippen LogP contribution in [-0.4, -0.2) is 0 Å². The summed E-state index contributed by atoms with van der Waals surface area (Å²) in [5, 5.41) is 2.29. The van der Waals surface area contributed by atoms with Gasteiger partial charge in [0.1, 0.15) is 11.2 Å². The first-order valence-electron chi connectivity index (χ1n) is 22.7. The molecule has 0 bridgehead atoms. The van der Waals surface area contributed by atoms with Gasteiger partial charge >= 0.3 is 0 Å². The van der Waals surface area contributed by atoms with Crippen LogP contribution in [0, 0.1) is 5.92 Å². The number of para-hydroxylation sites is 1. The standard InChI is InChI=1S/C62H47NO/c1-42-12-11-13-47(40-42)45-24-22-43(23-25-45)44-26-33-51(34-27-44)63(52-35-28-46(29-36-52)48-30-39-57-56-18-7-10-21-60(56)64-61(57)41-48)53-37-31-50(32-38-53)62(49-14-3-2-4-15-49)58-19-8-5-16-54(58)55-17-6-9-20-59(55)62/h2-22,24-39,41-43H,23,40H2,1H3. The number of hydrogen-bond donors (Lipinski definition) is 0. The normalized spacial score (nSPS) is 17.2. The monoisotopic (exact) mass is 821 g/mol. The average molecular weight is 822 g/mol. The number of nitrogens with zero attached hydrogens (tertiary/aromatic N) is 1. The summed E-state index contributed by atoms with van der Waals surface area (Å²) in [5.41, 5.74) is 18.8. The summed E-state index contributed by atoms with van der Waals surface area (Å²) in [6, 6.07) is 71.3. The van der Waals surface area contributed by atoms with Crippen LogP contribution >= 0.6 is 0 Å². The molecule has 0 radical (unpaired) electrons. The van der Waals surface area contributed by atoms with Crippen molar-refractivity contribution in [3.63, 3.8) is 0 Å². The minimum absolute atomic E-state index is 0.345. The second-order valence-corrected chi connectivity index (χ2v) is 17.7. The maximum Gasteiger partial charge on any atom is 0.136 e. The topological polar surface area (TPSA) is 16.4 Å². The van der Waals surface area contributed by atoms with E-state index in [0.717, 1.165) is 63.0 Å². The van der Waals surface area contributed by atoms with Crippen LogP contribution < -0.4 is 4.90 Å². The van der Waals surface area contributed by atoms with Gasteiger partial charge in [0.15, 0.2) is 0 Å². The Kier molecular flexibility index (Phi) is 9.26. The second kappa shape index (κ2) is 15.6. The Labute approximate surface area is 375 Å². The van der Waals surface area contributed by atoms with E-state index in [1.54, 1.807) is 0 Å². The Morgan fingerprint density at radius 1 is 0.531 bits per heavy atom. The molecule has 3 aliphatic rings. The minimum atomic E-state index is -0.452. The minimum Gasteiger partial charge on any atom is -0.456 e. The first-order chi connectivity index (χ1) is 31.6. The van der Waals surface area contributed by atoms with Crippen molar-refractivity contribution in [2.45, 2.75) is 31.1 Å². The summed E-state index contributed by atoms with van der Waals surface area (Å²) in [6.45, 7) is 2.30. The average Bonchev–Trinajstić information content (AvgIpc) is 3.89. The first kappa shape index (κ1) is 38.0. The fraction of sp³-hybridized carbons (Fsp3) is 0.0968. The molecule has 0 amide bonds. The number of rotatable bonds is 8. The summed E-state index contributed by atoms with van der Waals surface area (Å²) in [6.07, 6.45) is 16.1. The molecular formula is C62H47NO. The molecule has 0 N–H and O–H groups in total. The van der Waals surface area contributed by atoms with E-state index in [1.165, 1.54) is 50.1 Å². The quantitative estimate of drug-likeness (QED) is 0.152. The number of allylic oxidation sites excluding steroid dienone is 8. The molecule has 2 atom stereocenters. The third-order valence-electron chi connectivity index (χ3n) is 13.9. The van der Waals surface area contributed by atoms with Crippen LogP contribution in [0.25, 0.3) is 44.2 Å². The van der Waals surface area contributed by atoms with Gasteiger partial charge in [-0.25, -0.2) is 0 Å². The number of anilines is 3. The van der Waals surface area contributed by atoms with Crippen molar-refractivity contribution in [2.75, 3.05) is 4.90 Å². The molecule has 3 aliphatic carbocycles. The van der Waals surface area contributed by atoms with Gasteiger partial charge in [-0.1, -0.05) is 183 Å². The van der Waals surface area contributed by atoms with Crippen molar-refractivity contribution in [3.8, 4) is 22.3 Å². The third kappa shape index (κ3) is 6.32. The van der Waals surface area contributed by atoms with Crippen molar-refractivity contribution in [3.05, 3.63) is 270 Å². The number of furan rings is 1. The Morgan fingerprint density at radius 3 is 1.81 bits per heavy atom. The molecule has 2 heteroatoms. The molecule has 1 heterocycles. The Balaban J connectivity index is 0.926. The van der Waals surface area contributed by atoms with Crippen molar-refractivity contribution in [1.29, 1.82) is 0 Å². The van der Waals surface area contributed by atoms with Gasteiger partial charge in [-0.05, 0) is 135 Å². The fourth-order valence-electron chi connectivity index (χ4n) is 10.8. The highest BCUT2D eigenvalue weighted by atomic mass is 16.3. The SMILES string of the molecule is CC1C=CC=C(C2=CCC(c3ccc(N(c4ccc(-c5ccc6c(c5)oc5ccccc56)cc4)c4ccc(C5(c6ccccc6)c6ccccc6-c6ccccc65)cc4)cc3)C=C2)C1. The summed E-state index contributed by atoms with van der Waals surface area (Å²) in [5.74, 6) is 0.931. The predicted octanol–water partition coefficient (Wildman–Crippen LogP) is 16.6. The van der Waals surface area contributed by atoms with E-state index in [9.17, 15) is 0 Å². The Hall–Kier alpha value is -7.68. The second-order valence-electron chi connectivity index (χ2n) is 17.7. The molecule has 0 fully saturated rings. The van der Waals surface area contributed by atoms with E-state index in [2.05, 4.69) is 230 Å². The van der Waals surface area contributed by atoms with Crippen molar-refractivity contribution < 1.29 is 4.42 Å². The van der Waals surface area contributed by atoms with Crippen LogP contribution in [0.1, 0.15) is 53.5 Å². The Morgan fingerprint density at radius 2 is 1.12 bits per heavy atom. The molecule has 2 nitrogen and oxygen atoms in total. The van der Waals surface area contributed by atoms with E-state index < -0.39 is 5.41 Å². The van der Waals surface area contributed by atoms with Gasteiger partial charge < -0.3 is 9.32 Å². The molecule has 12 rings (SSSR count). The third-order valence-corrected chi connectivity index (χ3v) is 13.9. The molecule has 9 aromatic rings. The molecule has 306 valence electrons. The first-order valence-corrected chi connectivity index (χ1v) is 22.7. The molecule has 0 saturated heterocycles. The molecule has 0 spiro atoms. The van der Waals surface area contributed by atoms with Gasteiger partial charge in [-0.2, -0.15) is 0 Å². The molecule has 2 unspecified atom stereocenters. The summed E-state index contributed by atoms with van der Waals surface area (Å²) >= 11 is 0. The molecule has 0 aliphatic heterocycles. The highest BCUT2D eigenvalue weighted by Crippen LogP contribution is 2.56. The van der Waals surface area contributed by atoms with E-state index in [1.807, 2.05) is 12.1 Å². The fourth-order valence-corrected chi connectivity index (χ4v) is 10.8. The van der Waals surface area contributed by atoms with Crippen molar-refractivity contribution in [1.82, 2.24) is 0 Å². The molecule has 0 saturated carbocycles. The van der Waals surface area contributed by atoms with E-state index in [0.29, 0.717) is 11.8 Å². The van der Waals surface area contributed by atoms with Gasteiger partial charge in [-0.3, -0.25) is 0 Å². The summed E-state index contributed by atoms with van der Waals surface area (Å²) in [4.78, 5) is 2.39. The molecule has 1 aromatic heterocycles. The number of benzene rings is 8. The highest BCUT2D eigenvalue weighted by molar-refractivity contribution is 6.06. The van der Waals surface area contributed by atoms with Crippen LogP contribution in [0.15, 0.2) is 246 Å². The van der Waals surface area contributed by atoms with Crippen LogP contribution in [0.3, 0.4) is 0 Å². The lowest BCUT2D eigenvalue weighted by Crippen LogP contribution is -2.28. The maximum absolute atomic E-state index is 6.28. The Bertz CT molecular complexity index is 3280. The predicted molar refractivity (Wildman–Crippen MR) is 267 cm³/mol. The van der Waals surface area contributed by atoms with Gasteiger partial charge in [-0.15, -0.1) is 0 Å².